The number of rotatable bonds is 7. The van der Waals surface area contributed by atoms with Gasteiger partial charge in [-0.15, -0.1) is 0 Å². The average Bonchev–Trinajstić information content (AvgIpc) is 2.56. The number of nitrogens with zero attached hydrogens (tertiary/aromatic N) is 1. The molecule has 0 heterocycles. The topological polar surface area (TPSA) is 84.6 Å². The molecule has 2 aromatic rings. The lowest BCUT2D eigenvalue weighted by molar-refractivity contribution is -0.384. The van der Waals surface area contributed by atoms with Crippen LogP contribution >= 0.6 is 0 Å². The Balaban J connectivity index is 2.13. The number of benzene rings is 2. The molecule has 0 aliphatic rings. The van der Waals surface area contributed by atoms with Gasteiger partial charge in [0.2, 0.25) is 0 Å². The Bertz CT molecular complexity index is 720. The van der Waals surface area contributed by atoms with E-state index in [1.54, 1.807) is 6.92 Å². The molecule has 0 aromatic heterocycles. The summed E-state index contributed by atoms with van der Waals surface area (Å²) in [6, 6.07) is 11.2. The molecule has 0 radical (unpaired) electrons. The SMILES string of the molecule is COc1cc(NCCC(C)(O)c2ccccc2)c([N+](=O)[O-])cc1F. The molecule has 0 spiro atoms. The van der Waals surface area contributed by atoms with E-state index in [4.69, 9.17) is 4.74 Å². The summed E-state index contributed by atoms with van der Waals surface area (Å²) in [5, 5.41) is 24.5. The number of ether oxygens (including phenoxy) is 1. The van der Waals surface area contributed by atoms with Gasteiger partial charge in [0.15, 0.2) is 11.6 Å². The molecule has 7 heteroatoms. The van der Waals surface area contributed by atoms with Gasteiger partial charge in [0.05, 0.1) is 23.7 Å². The van der Waals surface area contributed by atoms with Crippen molar-refractivity contribution in [1.29, 1.82) is 0 Å². The normalized spacial score (nSPS) is 13.2. The third-order valence-corrected chi connectivity index (χ3v) is 3.79. The summed E-state index contributed by atoms with van der Waals surface area (Å²) in [5.41, 5.74) is -0.583. The number of anilines is 1. The van der Waals surface area contributed by atoms with Gasteiger partial charge in [0.25, 0.3) is 5.69 Å². The minimum absolute atomic E-state index is 0.0853. The number of nitro groups is 1. The lowest BCUT2D eigenvalue weighted by Gasteiger charge is -2.24. The third-order valence-electron chi connectivity index (χ3n) is 3.79. The zero-order valence-corrected chi connectivity index (χ0v) is 13.5. The summed E-state index contributed by atoms with van der Waals surface area (Å²) in [6.07, 6.45) is 0.313. The zero-order valence-electron chi connectivity index (χ0n) is 13.5. The van der Waals surface area contributed by atoms with Crippen molar-refractivity contribution in [2.24, 2.45) is 0 Å². The number of hydrogen-bond donors (Lipinski definition) is 2. The Kier molecular flexibility index (Phi) is 5.35. The highest BCUT2D eigenvalue weighted by Gasteiger charge is 2.24. The molecule has 0 fully saturated rings. The van der Waals surface area contributed by atoms with Crippen molar-refractivity contribution in [3.8, 4) is 5.75 Å². The molecule has 1 atom stereocenters. The van der Waals surface area contributed by atoms with Crippen LogP contribution in [0, 0.1) is 15.9 Å². The molecule has 2 rings (SSSR count). The largest absolute Gasteiger partial charge is 0.494 e. The molecule has 0 saturated heterocycles. The van der Waals surface area contributed by atoms with E-state index in [1.807, 2.05) is 30.3 Å². The van der Waals surface area contributed by atoms with E-state index in [9.17, 15) is 19.6 Å². The van der Waals surface area contributed by atoms with E-state index in [0.29, 0.717) is 6.42 Å². The molecule has 6 nitrogen and oxygen atoms in total. The molecular weight excluding hydrogens is 315 g/mol. The molecule has 1 unspecified atom stereocenters. The van der Waals surface area contributed by atoms with Gasteiger partial charge in [-0.3, -0.25) is 10.1 Å². The summed E-state index contributed by atoms with van der Waals surface area (Å²) in [7, 11) is 1.29. The fourth-order valence-corrected chi connectivity index (χ4v) is 2.37. The Labute approximate surface area is 139 Å². The van der Waals surface area contributed by atoms with E-state index in [1.165, 1.54) is 13.2 Å². The van der Waals surface area contributed by atoms with Gasteiger partial charge in [-0.05, 0) is 18.9 Å². The van der Waals surface area contributed by atoms with Gasteiger partial charge < -0.3 is 15.2 Å². The molecule has 2 N–H and O–H groups in total. The van der Waals surface area contributed by atoms with Gasteiger partial charge in [0.1, 0.15) is 5.69 Å². The van der Waals surface area contributed by atoms with E-state index in [-0.39, 0.29) is 23.7 Å². The standard InChI is InChI=1S/C17H19FN2O4/c1-17(21,12-6-4-3-5-7-12)8-9-19-14-11-16(24-2)13(18)10-15(14)20(22)23/h3-7,10-11,19,21H,8-9H2,1-2H3. The van der Waals surface area contributed by atoms with E-state index in [2.05, 4.69) is 5.32 Å². The Hall–Kier alpha value is -2.67. The Morgan fingerprint density at radius 2 is 2.00 bits per heavy atom. The van der Waals surface area contributed by atoms with Crippen LogP contribution in [0.15, 0.2) is 42.5 Å². The van der Waals surface area contributed by atoms with Crippen LogP contribution in [0.25, 0.3) is 0 Å². The van der Waals surface area contributed by atoms with E-state index in [0.717, 1.165) is 11.6 Å². The van der Waals surface area contributed by atoms with Crippen LogP contribution in [0.3, 0.4) is 0 Å². The summed E-state index contributed by atoms with van der Waals surface area (Å²) in [5.74, 6) is -0.885. The number of nitro benzene ring substituents is 1. The van der Waals surface area contributed by atoms with Crippen molar-refractivity contribution >= 4 is 11.4 Å². The second-order valence-corrected chi connectivity index (χ2v) is 5.58. The van der Waals surface area contributed by atoms with Gasteiger partial charge in [-0.1, -0.05) is 30.3 Å². The van der Waals surface area contributed by atoms with Crippen LogP contribution in [-0.2, 0) is 5.60 Å². The number of aliphatic hydroxyl groups is 1. The first kappa shape index (κ1) is 17.7. The number of hydrogen-bond acceptors (Lipinski definition) is 5. The van der Waals surface area contributed by atoms with Crippen molar-refractivity contribution in [2.75, 3.05) is 19.0 Å². The molecule has 0 bridgehead atoms. The van der Waals surface area contributed by atoms with Gasteiger partial charge in [-0.2, -0.15) is 0 Å². The van der Waals surface area contributed by atoms with Crippen molar-refractivity contribution in [2.45, 2.75) is 18.9 Å². The molecule has 2 aromatic carbocycles. The zero-order chi connectivity index (χ0) is 17.7. The van der Waals surface area contributed by atoms with Crippen molar-refractivity contribution in [3.05, 3.63) is 64.0 Å². The predicted molar refractivity (Wildman–Crippen MR) is 88.7 cm³/mol. The highest BCUT2D eigenvalue weighted by atomic mass is 19.1. The van der Waals surface area contributed by atoms with Crippen LogP contribution in [-0.4, -0.2) is 23.7 Å². The summed E-state index contributed by atoms with van der Waals surface area (Å²) in [4.78, 5) is 10.4. The molecule has 128 valence electrons. The minimum Gasteiger partial charge on any atom is -0.494 e. The van der Waals surface area contributed by atoms with Crippen molar-refractivity contribution in [1.82, 2.24) is 0 Å². The maximum atomic E-state index is 13.6. The van der Waals surface area contributed by atoms with E-state index >= 15 is 0 Å². The highest BCUT2D eigenvalue weighted by molar-refractivity contribution is 5.64. The monoisotopic (exact) mass is 334 g/mol. The van der Waals surface area contributed by atoms with Crippen LogP contribution in [0.5, 0.6) is 5.75 Å². The fraction of sp³-hybridized carbons (Fsp3) is 0.294. The van der Waals surface area contributed by atoms with Crippen molar-refractivity contribution in [3.63, 3.8) is 0 Å². The summed E-state index contributed by atoms with van der Waals surface area (Å²) in [6.45, 7) is 1.93. The maximum absolute atomic E-state index is 13.6. The van der Waals surface area contributed by atoms with Crippen LogP contribution in [0.1, 0.15) is 18.9 Å². The Morgan fingerprint density at radius 1 is 1.33 bits per heavy atom. The maximum Gasteiger partial charge on any atom is 0.295 e. The van der Waals surface area contributed by atoms with Crippen molar-refractivity contribution < 1.29 is 19.2 Å². The third kappa shape index (κ3) is 3.99. The summed E-state index contributed by atoms with van der Waals surface area (Å²) >= 11 is 0. The first-order valence-corrected chi connectivity index (χ1v) is 7.39. The number of nitrogens with one attached hydrogen (secondary N) is 1. The number of methoxy groups -OCH3 is 1. The highest BCUT2D eigenvalue weighted by Crippen LogP contribution is 2.32. The molecular formula is C17H19FN2O4. The lowest BCUT2D eigenvalue weighted by atomic mass is 9.92. The molecule has 0 aliphatic heterocycles. The lowest BCUT2D eigenvalue weighted by Crippen LogP contribution is -2.24. The molecule has 24 heavy (non-hydrogen) atoms. The van der Waals surface area contributed by atoms with Crippen LogP contribution in [0.4, 0.5) is 15.8 Å². The first-order valence-electron chi connectivity index (χ1n) is 7.39. The molecule has 0 amide bonds. The Morgan fingerprint density at radius 3 is 2.58 bits per heavy atom. The van der Waals surface area contributed by atoms with Crippen LogP contribution < -0.4 is 10.1 Å². The second kappa shape index (κ2) is 7.27. The average molecular weight is 334 g/mol. The minimum atomic E-state index is -1.09. The van der Waals surface area contributed by atoms with Crippen LogP contribution in [0.2, 0.25) is 0 Å². The predicted octanol–water partition coefficient (Wildman–Crippen LogP) is 3.45. The summed E-state index contributed by atoms with van der Waals surface area (Å²) < 4.78 is 18.5. The second-order valence-electron chi connectivity index (χ2n) is 5.58. The molecule has 0 saturated carbocycles. The van der Waals surface area contributed by atoms with Gasteiger partial charge in [-0.25, -0.2) is 4.39 Å². The van der Waals surface area contributed by atoms with Gasteiger partial charge >= 0.3 is 0 Å². The van der Waals surface area contributed by atoms with Gasteiger partial charge in [0, 0.05) is 12.6 Å². The van der Waals surface area contributed by atoms with E-state index < -0.39 is 16.3 Å². The quantitative estimate of drug-likeness (QED) is 0.598. The number of halogens is 1. The molecule has 0 aliphatic carbocycles. The smallest absolute Gasteiger partial charge is 0.295 e. The first-order chi connectivity index (χ1) is 11.3. The fourth-order valence-electron chi connectivity index (χ4n) is 2.37.